The van der Waals surface area contributed by atoms with Gasteiger partial charge in [0, 0.05) is 22.9 Å². The summed E-state index contributed by atoms with van der Waals surface area (Å²) in [5.41, 5.74) is 1.71. The van der Waals surface area contributed by atoms with Gasteiger partial charge in [-0.05, 0) is 20.8 Å². The number of aliphatic hydroxyl groups is 1. The number of nitro benzene ring substituents is 1. The number of rotatable bonds is 4. The Kier molecular flexibility index (Phi) is 4.04. The lowest BCUT2D eigenvalue weighted by Gasteiger charge is -2.08. The van der Waals surface area contributed by atoms with Crippen LogP contribution in [0.15, 0.2) is 18.2 Å². The molecule has 0 aliphatic carbocycles. The van der Waals surface area contributed by atoms with Crippen molar-refractivity contribution in [1.29, 1.82) is 0 Å². The Balaban J connectivity index is 2.42. The lowest BCUT2D eigenvalue weighted by molar-refractivity contribution is -0.387. The van der Waals surface area contributed by atoms with E-state index >= 15 is 0 Å². The van der Waals surface area contributed by atoms with Crippen LogP contribution in [0.3, 0.4) is 0 Å². The maximum Gasteiger partial charge on any atom is 0.305 e. The number of aromatic nitrogens is 2. The molecule has 2 rings (SSSR count). The van der Waals surface area contributed by atoms with Crippen molar-refractivity contribution < 1.29 is 14.4 Å². The van der Waals surface area contributed by atoms with E-state index in [1.165, 1.54) is 12.1 Å². The number of benzene rings is 1. The zero-order valence-corrected chi connectivity index (χ0v) is 12.0. The standard InChI is InChI=1S/C14H16FN3O3/c1-8-13(10(3)19)9(2)17(16-8)7-11-5-4-6-12(14(11)15)18(20)21/h4-6,10,19H,7H2,1-3H3. The monoisotopic (exact) mass is 293 g/mol. The van der Waals surface area contributed by atoms with Crippen LogP contribution in [0.5, 0.6) is 0 Å². The summed E-state index contributed by atoms with van der Waals surface area (Å²) in [5.74, 6) is -0.853. The highest BCUT2D eigenvalue weighted by Gasteiger charge is 2.20. The van der Waals surface area contributed by atoms with Crippen LogP contribution in [-0.4, -0.2) is 19.8 Å². The summed E-state index contributed by atoms with van der Waals surface area (Å²) in [6.07, 6.45) is -0.672. The van der Waals surface area contributed by atoms with Crippen LogP contribution < -0.4 is 0 Å². The van der Waals surface area contributed by atoms with E-state index in [1.807, 2.05) is 0 Å². The molecule has 1 heterocycles. The minimum absolute atomic E-state index is 0.0763. The molecule has 0 bridgehead atoms. The fourth-order valence-corrected chi connectivity index (χ4v) is 2.46. The summed E-state index contributed by atoms with van der Waals surface area (Å²) < 4.78 is 15.6. The summed E-state index contributed by atoms with van der Waals surface area (Å²) in [4.78, 5) is 10.0. The molecule has 0 fully saturated rings. The van der Waals surface area contributed by atoms with Crippen molar-refractivity contribution in [1.82, 2.24) is 9.78 Å². The van der Waals surface area contributed by atoms with Gasteiger partial charge in [0.15, 0.2) is 0 Å². The normalized spacial score (nSPS) is 12.4. The molecule has 21 heavy (non-hydrogen) atoms. The summed E-state index contributed by atoms with van der Waals surface area (Å²) in [7, 11) is 0. The Labute approximate surface area is 121 Å². The summed E-state index contributed by atoms with van der Waals surface area (Å²) >= 11 is 0. The highest BCUT2D eigenvalue weighted by Crippen LogP contribution is 2.24. The molecule has 7 heteroatoms. The molecule has 1 atom stereocenters. The zero-order chi connectivity index (χ0) is 15.7. The summed E-state index contributed by atoms with van der Waals surface area (Å²) in [6.45, 7) is 5.24. The van der Waals surface area contributed by atoms with Crippen molar-refractivity contribution in [3.05, 3.63) is 56.6 Å². The molecule has 2 aromatic rings. The third-order valence-corrected chi connectivity index (χ3v) is 3.43. The average molecular weight is 293 g/mol. The highest BCUT2D eigenvalue weighted by atomic mass is 19.1. The Morgan fingerprint density at radius 2 is 2.14 bits per heavy atom. The van der Waals surface area contributed by atoms with Crippen molar-refractivity contribution >= 4 is 5.69 Å². The van der Waals surface area contributed by atoms with Gasteiger partial charge < -0.3 is 5.11 Å². The van der Waals surface area contributed by atoms with E-state index in [4.69, 9.17) is 0 Å². The lowest BCUT2D eigenvalue weighted by atomic mass is 10.1. The lowest BCUT2D eigenvalue weighted by Crippen LogP contribution is -2.07. The topological polar surface area (TPSA) is 81.2 Å². The smallest absolute Gasteiger partial charge is 0.305 e. The molecule has 1 aromatic carbocycles. The van der Waals surface area contributed by atoms with E-state index in [9.17, 15) is 19.6 Å². The molecule has 0 aliphatic rings. The molecular formula is C14H16FN3O3. The van der Waals surface area contributed by atoms with Crippen LogP contribution in [0.2, 0.25) is 0 Å². The summed E-state index contributed by atoms with van der Waals surface area (Å²) in [5, 5.41) is 24.7. The molecule has 0 saturated heterocycles. The molecule has 6 nitrogen and oxygen atoms in total. The van der Waals surface area contributed by atoms with Crippen LogP contribution >= 0.6 is 0 Å². The van der Waals surface area contributed by atoms with Crippen molar-refractivity contribution in [2.45, 2.75) is 33.4 Å². The van der Waals surface area contributed by atoms with Crippen LogP contribution in [0, 0.1) is 29.8 Å². The van der Waals surface area contributed by atoms with E-state index in [0.29, 0.717) is 17.0 Å². The second-order valence-corrected chi connectivity index (χ2v) is 4.93. The molecule has 1 N–H and O–H groups in total. The fourth-order valence-electron chi connectivity index (χ4n) is 2.46. The quantitative estimate of drug-likeness (QED) is 0.694. The fraction of sp³-hybridized carbons (Fsp3) is 0.357. The molecular weight excluding hydrogens is 277 g/mol. The van der Waals surface area contributed by atoms with Gasteiger partial charge in [-0.2, -0.15) is 9.49 Å². The number of halogens is 1. The maximum absolute atomic E-state index is 14.1. The van der Waals surface area contributed by atoms with E-state index in [0.717, 1.165) is 6.07 Å². The Bertz CT molecular complexity index is 695. The molecule has 0 spiro atoms. The second-order valence-electron chi connectivity index (χ2n) is 4.93. The summed E-state index contributed by atoms with van der Waals surface area (Å²) in [6, 6.07) is 4.06. The third kappa shape index (κ3) is 2.78. The first-order valence-electron chi connectivity index (χ1n) is 6.46. The molecule has 112 valence electrons. The Hall–Kier alpha value is -2.28. The van der Waals surface area contributed by atoms with Crippen molar-refractivity contribution in [3.63, 3.8) is 0 Å². The van der Waals surface area contributed by atoms with Gasteiger partial charge in [-0.25, -0.2) is 0 Å². The predicted molar refractivity (Wildman–Crippen MR) is 74.5 cm³/mol. The number of aryl methyl sites for hydroxylation is 1. The van der Waals surface area contributed by atoms with Gasteiger partial charge in [0.25, 0.3) is 0 Å². The van der Waals surface area contributed by atoms with E-state index in [-0.39, 0.29) is 12.1 Å². The first-order chi connectivity index (χ1) is 9.82. The third-order valence-electron chi connectivity index (χ3n) is 3.43. The molecule has 0 radical (unpaired) electrons. The van der Waals surface area contributed by atoms with Gasteiger partial charge in [0.1, 0.15) is 0 Å². The largest absolute Gasteiger partial charge is 0.389 e. The van der Waals surface area contributed by atoms with E-state index in [2.05, 4.69) is 5.10 Å². The number of nitro groups is 1. The van der Waals surface area contributed by atoms with E-state index < -0.39 is 22.5 Å². The maximum atomic E-state index is 14.1. The van der Waals surface area contributed by atoms with Gasteiger partial charge in [0.2, 0.25) is 5.82 Å². The first-order valence-corrected chi connectivity index (χ1v) is 6.46. The van der Waals surface area contributed by atoms with Gasteiger partial charge in [-0.3, -0.25) is 14.8 Å². The number of hydrogen-bond acceptors (Lipinski definition) is 4. The van der Waals surface area contributed by atoms with Crippen molar-refractivity contribution in [2.24, 2.45) is 0 Å². The van der Waals surface area contributed by atoms with Gasteiger partial charge >= 0.3 is 5.69 Å². The minimum atomic E-state index is -0.853. The molecule has 0 amide bonds. The van der Waals surface area contributed by atoms with Crippen molar-refractivity contribution in [3.8, 4) is 0 Å². The highest BCUT2D eigenvalue weighted by molar-refractivity contribution is 5.37. The minimum Gasteiger partial charge on any atom is -0.389 e. The SMILES string of the molecule is Cc1nn(Cc2cccc([N+](=O)[O-])c2F)c(C)c1C(C)O. The molecule has 1 unspecified atom stereocenters. The Morgan fingerprint density at radius 3 is 2.67 bits per heavy atom. The average Bonchev–Trinajstić information content (AvgIpc) is 2.66. The molecule has 1 aromatic heterocycles. The predicted octanol–water partition coefficient (Wildman–Crippen LogP) is 2.65. The van der Waals surface area contributed by atoms with Gasteiger partial charge in [-0.15, -0.1) is 0 Å². The molecule has 0 aliphatic heterocycles. The zero-order valence-electron chi connectivity index (χ0n) is 12.0. The van der Waals surface area contributed by atoms with Crippen LogP contribution in [-0.2, 0) is 6.54 Å². The van der Waals surface area contributed by atoms with E-state index in [1.54, 1.807) is 25.5 Å². The molecule has 0 saturated carbocycles. The second kappa shape index (κ2) is 5.61. The first kappa shape index (κ1) is 15.1. The van der Waals surface area contributed by atoms with Gasteiger partial charge in [-0.1, -0.05) is 12.1 Å². The number of nitrogens with zero attached hydrogens (tertiary/aromatic N) is 3. The van der Waals surface area contributed by atoms with Gasteiger partial charge in [0.05, 0.1) is 23.3 Å². The van der Waals surface area contributed by atoms with Crippen LogP contribution in [0.1, 0.15) is 35.5 Å². The van der Waals surface area contributed by atoms with Crippen molar-refractivity contribution in [2.75, 3.05) is 0 Å². The van der Waals surface area contributed by atoms with Crippen LogP contribution in [0.25, 0.3) is 0 Å². The number of aliphatic hydroxyl groups excluding tert-OH is 1. The Morgan fingerprint density at radius 1 is 1.48 bits per heavy atom. The van der Waals surface area contributed by atoms with Crippen LogP contribution in [0.4, 0.5) is 10.1 Å². The number of hydrogen-bond donors (Lipinski definition) is 1.